The van der Waals surface area contributed by atoms with Crippen LogP contribution in [0, 0.1) is 0 Å². The van der Waals surface area contributed by atoms with E-state index in [1.807, 2.05) is 12.1 Å². The van der Waals surface area contributed by atoms with E-state index in [9.17, 15) is 9.59 Å². The average molecular weight is 261 g/mol. The second-order valence-corrected chi connectivity index (χ2v) is 4.17. The molecular formula is C13H15N3O3. The molecule has 0 atom stereocenters. The number of rotatable bonds is 5. The Morgan fingerprint density at radius 1 is 1.37 bits per heavy atom. The third kappa shape index (κ3) is 2.73. The van der Waals surface area contributed by atoms with Crippen LogP contribution in [0.3, 0.4) is 0 Å². The van der Waals surface area contributed by atoms with Crippen LogP contribution in [0.25, 0.3) is 10.9 Å². The van der Waals surface area contributed by atoms with Crippen LogP contribution in [-0.2, 0) is 11.3 Å². The van der Waals surface area contributed by atoms with Gasteiger partial charge in [-0.05, 0) is 12.5 Å². The minimum absolute atomic E-state index is 0.0325. The van der Waals surface area contributed by atoms with E-state index >= 15 is 0 Å². The van der Waals surface area contributed by atoms with Gasteiger partial charge in [0.05, 0.1) is 5.52 Å². The Morgan fingerprint density at radius 3 is 2.79 bits per heavy atom. The molecule has 0 aliphatic carbocycles. The molecule has 0 fully saturated rings. The second-order valence-electron chi connectivity index (χ2n) is 4.17. The van der Waals surface area contributed by atoms with Crippen molar-refractivity contribution in [1.82, 2.24) is 15.1 Å². The summed E-state index contributed by atoms with van der Waals surface area (Å²) in [4.78, 5) is 22.3. The van der Waals surface area contributed by atoms with Crippen molar-refractivity contribution in [2.45, 2.75) is 19.4 Å². The molecular weight excluding hydrogens is 246 g/mol. The van der Waals surface area contributed by atoms with Crippen LogP contribution < -0.4 is 5.32 Å². The van der Waals surface area contributed by atoms with Gasteiger partial charge in [0.2, 0.25) is 5.91 Å². The zero-order valence-electron chi connectivity index (χ0n) is 10.6. The topological polar surface area (TPSA) is 84.2 Å². The number of hydrogen-bond acceptors (Lipinski definition) is 3. The summed E-state index contributed by atoms with van der Waals surface area (Å²) in [5, 5.41) is 16.4. The summed E-state index contributed by atoms with van der Waals surface area (Å²) in [6.45, 7) is 0.515. The first-order valence-corrected chi connectivity index (χ1v) is 6.03. The summed E-state index contributed by atoms with van der Waals surface area (Å²) < 4.78 is 1.64. The number of para-hydroxylation sites is 1. The molecule has 0 spiro atoms. The van der Waals surface area contributed by atoms with Gasteiger partial charge in [-0.25, -0.2) is 4.79 Å². The number of carbonyl (C=O) groups is 2. The minimum atomic E-state index is -1.04. The molecule has 0 bridgehead atoms. The van der Waals surface area contributed by atoms with Crippen LogP contribution >= 0.6 is 0 Å². The first-order chi connectivity index (χ1) is 9.13. The van der Waals surface area contributed by atoms with Gasteiger partial charge in [-0.15, -0.1) is 0 Å². The van der Waals surface area contributed by atoms with Crippen LogP contribution in [0.2, 0.25) is 0 Å². The fourth-order valence-corrected chi connectivity index (χ4v) is 1.97. The lowest BCUT2D eigenvalue weighted by Gasteiger charge is -2.02. The van der Waals surface area contributed by atoms with E-state index in [1.54, 1.807) is 23.9 Å². The van der Waals surface area contributed by atoms with E-state index < -0.39 is 5.97 Å². The Morgan fingerprint density at radius 2 is 2.11 bits per heavy atom. The minimum Gasteiger partial charge on any atom is -0.476 e. The lowest BCUT2D eigenvalue weighted by Crippen LogP contribution is -2.18. The number of hydrogen-bond donors (Lipinski definition) is 2. The number of benzene rings is 1. The Bertz CT molecular complexity index is 619. The molecule has 0 aliphatic rings. The fourth-order valence-electron chi connectivity index (χ4n) is 1.97. The molecule has 2 rings (SSSR count). The molecule has 0 saturated heterocycles. The predicted octanol–water partition coefficient (Wildman–Crippen LogP) is 1.26. The first kappa shape index (κ1) is 13.1. The van der Waals surface area contributed by atoms with Crippen molar-refractivity contribution < 1.29 is 14.7 Å². The zero-order chi connectivity index (χ0) is 13.8. The molecule has 0 radical (unpaired) electrons. The maximum Gasteiger partial charge on any atom is 0.357 e. The van der Waals surface area contributed by atoms with E-state index in [0.29, 0.717) is 24.8 Å². The summed E-state index contributed by atoms with van der Waals surface area (Å²) in [5.74, 6) is -1.07. The zero-order valence-corrected chi connectivity index (χ0v) is 10.6. The second kappa shape index (κ2) is 5.51. The number of carboxylic acids is 1. The van der Waals surface area contributed by atoms with Crippen molar-refractivity contribution in [3.63, 3.8) is 0 Å². The number of nitrogens with zero attached hydrogens (tertiary/aromatic N) is 2. The lowest BCUT2D eigenvalue weighted by molar-refractivity contribution is -0.120. The van der Waals surface area contributed by atoms with Crippen molar-refractivity contribution in [1.29, 1.82) is 0 Å². The highest BCUT2D eigenvalue weighted by molar-refractivity contribution is 6.01. The van der Waals surface area contributed by atoms with Gasteiger partial charge in [0.25, 0.3) is 0 Å². The van der Waals surface area contributed by atoms with Crippen LogP contribution in [0.4, 0.5) is 0 Å². The highest BCUT2D eigenvalue weighted by Crippen LogP contribution is 2.18. The van der Waals surface area contributed by atoms with Gasteiger partial charge in [0.1, 0.15) is 0 Å². The number of carboxylic acid groups (broad SMARTS) is 1. The van der Waals surface area contributed by atoms with E-state index in [1.165, 1.54) is 0 Å². The van der Waals surface area contributed by atoms with Crippen molar-refractivity contribution in [2.75, 3.05) is 7.05 Å². The molecule has 1 heterocycles. The summed E-state index contributed by atoms with van der Waals surface area (Å²) in [6, 6.07) is 7.19. The maximum atomic E-state index is 11.1. The number of nitrogens with one attached hydrogen (secondary N) is 1. The third-order valence-electron chi connectivity index (χ3n) is 2.91. The Labute approximate surface area is 110 Å². The van der Waals surface area contributed by atoms with Crippen LogP contribution in [0.15, 0.2) is 24.3 Å². The van der Waals surface area contributed by atoms with Gasteiger partial charge in [-0.1, -0.05) is 18.2 Å². The van der Waals surface area contributed by atoms with E-state index in [-0.39, 0.29) is 11.6 Å². The van der Waals surface area contributed by atoms with Crippen molar-refractivity contribution in [3.05, 3.63) is 30.0 Å². The number of fused-ring (bicyclic) bond motifs is 1. The molecule has 2 aromatic rings. The maximum absolute atomic E-state index is 11.1. The summed E-state index contributed by atoms with van der Waals surface area (Å²) in [5.41, 5.74) is 0.826. The van der Waals surface area contributed by atoms with Crippen LogP contribution in [0.1, 0.15) is 23.3 Å². The van der Waals surface area contributed by atoms with Gasteiger partial charge in [-0.3, -0.25) is 9.48 Å². The molecule has 6 nitrogen and oxygen atoms in total. The number of aromatic carboxylic acids is 1. The molecule has 0 unspecified atom stereocenters. The molecule has 19 heavy (non-hydrogen) atoms. The quantitative estimate of drug-likeness (QED) is 0.848. The standard InChI is InChI=1S/C13H15N3O3/c1-14-11(17)7-4-8-16-10-6-3-2-5-9(10)12(15-16)13(18)19/h2-3,5-6H,4,7-8H2,1H3,(H,14,17)(H,18,19). The Kier molecular flexibility index (Phi) is 3.79. The van der Waals surface area contributed by atoms with E-state index in [2.05, 4.69) is 10.4 Å². The van der Waals surface area contributed by atoms with Crippen LogP contribution in [-0.4, -0.2) is 33.8 Å². The molecule has 0 aliphatic heterocycles. The first-order valence-electron chi connectivity index (χ1n) is 6.03. The fraction of sp³-hybridized carbons (Fsp3) is 0.308. The monoisotopic (exact) mass is 261 g/mol. The van der Waals surface area contributed by atoms with Gasteiger partial charge < -0.3 is 10.4 Å². The number of aromatic nitrogens is 2. The third-order valence-corrected chi connectivity index (χ3v) is 2.91. The Balaban J connectivity index is 2.23. The van der Waals surface area contributed by atoms with Crippen molar-refractivity contribution in [3.8, 4) is 0 Å². The summed E-state index contributed by atoms with van der Waals surface area (Å²) in [6.07, 6.45) is 1.01. The predicted molar refractivity (Wildman–Crippen MR) is 70.0 cm³/mol. The highest BCUT2D eigenvalue weighted by Gasteiger charge is 2.15. The van der Waals surface area contributed by atoms with Gasteiger partial charge in [0, 0.05) is 25.4 Å². The van der Waals surface area contributed by atoms with Gasteiger partial charge in [0.15, 0.2) is 5.69 Å². The lowest BCUT2D eigenvalue weighted by atomic mass is 10.2. The summed E-state index contributed by atoms with van der Waals surface area (Å²) >= 11 is 0. The highest BCUT2D eigenvalue weighted by atomic mass is 16.4. The van der Waals surface area contributed by atoms with Crippen LogP contribution in [0.5, 0.6) is 0 Å². The SMILES string of the molecule is CNC(=O)CCCn1nc(C(=O)O)c2ccccc21. The van der Waals surface area contributed by atoms with E-state index in [4.69, 9.17) is 5.11 Å². The molecule has 2 N–H and O–H groups in total. The number of aryl methyl sites for hydroxylation is 1. The number of carbonyl (C=O) groups excluding carboxylic acids is 1. The van der Waals surface area contributed by atoms with Gasteiger partial charge >= 0.3 is 5.97 Å². The molecule has 1 aromatic carbocycles. The van der Waals surface area contributed by atoms with E-state index in [0.717, 1.165) is 5.52 Å². The van der Waals surface area contributed by atoms with Crippen molar-refractivity contribution in [2.24, 2.45) is 0 Å². The van der Waals surface area contributed by atoms with Crippen molar-refractivity contribution >= 4 is 22.8 Å². The normalized spacial score (nSPS) is 10.6. The molecule has 1 amide bonds. The largest absolute Gasteiger partial charge is 0.476 e. The molecule has 100 valence electrons. The van der Waals surface area contributed by atoms with Gasteiger partial charge in [-0.2, -0.15) is 5.10 Å². The number of amides is 1. The molecule has 0 saturated carbocycles. The Hall–Kier alpha value is -2.37. The summed E-state index contributed by atoms with van der Waals surface area (Å²) in [7, 11) is 1.59. The smallest absolute Gasteiger partial charge is 0.357 e. The molecule has 1 aromatic heterocycles. The molecule has 6 heteroatoms. The average Bonchev–Trinajstić information content (AvgIpc) is 2.78.